The SMILES string of the molecule is C#CC[CH]C#CCCC. The minimum atomic E-state index is 0.663. The highest BCUT2D eigenvalue weighted by atomic mass is 13.8. The molecular formula is C9H11. The van der Waals surface area contributed by atoms with Gasteiger partial charge in [0.15, 0.2) is 0 Å². The topological polar surface area (TPSA) is 0 Å². The first kappa shape index (κ1) is 8.12. The van der Waals surface area contributed by atoms with Gasteiger partial charge in [0.2, 0.25) is 0 Å². The molecule has 0 fully saturated rings. The van der Waals surface area contributed by atoms with E-state index in [2.05, 4.69) is 24.7 Å². The van der Waals surface area contributed by atoms with Crippen LogP contribution in [-0.4, -0.2) is 0 Å². The van der Waals surface area contributed by atoms with Gasteiger partial charge >= 0.3 is 0 Å². The fourth-order valence-corrected chi connectivity index (χ4v) is 0.379. The Morgan fingerprint density at radius 3 is 2.89 bits per heavy atom. The van der Waals surface area contributed by atoms with Gasteiger partial charge in [0.25, 0.3) is 0 Å². The molecule has 0 saturated carbocycles. The lowest BCUT2D eigenvalue weighted by Gasteiger charge is -1.77. The molecule has 0 aliphatic rings. The third-order valence-corrected chi connectivity index (χ3v) is 0.799. The zero-order valence-electron chi connectivity index (χ0n) is 5.78. The van der Waals surface area contributed by atoms with E-state index in [0.29, 0.717) is 6.42 Å². The van der Waals surface area contributed by atoms with Crippen LogP contribution < -0.4 is 0 Å². The van der Waals surface area contributed by atoms with E-state index in [0.717, 1.165) is 12.8 Å². The van der Waals surface area contributed by atoms with Crippen molar-refractivity contribution < 1.29 is 0 Å². The maximum Gasteiger partial charge on any atom is 0.0458 e. The molecule has 0 saturated heterocycles. The maximum absolute atomic E-state index is 4.99. The summed E-state index contributed by atoms with van der Waals surface area (Å²) in [6.45, 7) is 2.11. The highest BCUT2D eigenvalue weighted by Crippen LogP contribution is 1.84. The largest absolute Gasteiger partial charge is 0.120 e. The monoisotopic (exact) mass is 119 g/mol. The first-order valence-electron chi connectivity index (χ1n) is 3.15. The molecule has 1 radical (unpaired) electrons. The molecule has 0 atom stereocenters. The van der Waals surface area contributed by atoms with Crippen molar-refractivity contribution in [2.75, 3.05) is 0 Å². The lowest BCUT2D eigenvalue weighted by molar-refractivity contribution is 0.983. The second kappa shape index (κ2) is 7.12. The fourth-order valence-electron chi connectivity index (χ4n) is 0.379. The predicted octanol–water partition coefficient (Wildman–Crippen LogP) is 2.02. The van der Waals surface area contributed by atoms with E-state index in [1.807, 2.05) is 6.42 Å². The molecule has 0 aliphatic carbocycles. The summed E-state index contributed by atoms with van der Waals surface area (Å²) in [5.41, 5.74) is 0. The molecule has 0 aromatic carbocycles. The van der Waals surface area contributed by atoms with Crippen LogP contribution in [0, 0.1) is 30.6 Å². The molecule has 0 aromatic heterocycles. The molecule has 0 unspecified atom stereocenters. The molecular weight excluding hydrogens is 108 g/mol. The van der Waals surface area contributed by atoms with Crippen LogP contribution >= 0.6 is 0 Å². The molecule has 0 nitrogen and oxygen atoms in total. The average Bonchev–Trinajstić information content (AvgIpc) is 1.89. The zero-order chi connectivity index (χ0) is 6.95. The van der Waals surface area contributed by atoms with Crippen LogP contribution in [0.15, 0.2) is 0 Å². The van der Waals surface area contributed by atoms with Crippen LogP contribution in [0.4, 0.5) is 0 Å². The molecule has 0 aromatic rings. The minimum absolute atomic E-state index is 0.663. The fraction of sp³-hybridized carbons (Fsp3) is 0.444. The van der Waals surface area contributed by atoms with E-state index in [-0.39, 0.29) is 0 Å². The van der Waals surface area contributed by atoms with Crippen LogP contribution in [0.2, 0.25) is 0 Å². The maximum atomic E-state index is 4.99. The molecule has 47 valence electrons. The van der Waals surface area contributed by atoms with Crippen molar-refractivity contribution in [3.8, 4) is 24.2 Å². The molecule has 0 rings (SSSR count). The third-order valence-electron chi connectivity index (χ3n) is 0.799. The van der Waals surface area contributed by atoms with Gasteiger partial charge in [-0.1, -0.05) is 12.8 Å². The Hall–Kier alpha value is -0.880. The molecule has 0 aliphatic heterocycles. The lowest BCUT2D eigenvalue weighted by Crippen LogP contribution is -1.66. The normalized spacial score (nSPS) is 7.11. The van der Waals surface area contributed by atoms with Gasteiger partial charge in [0.05, 0.1) is 0 Å². The van der Waals surface area contributed by atoms with Gasteiger partial charge in [-0.3, -0.25) is 0 Å². The van der Waals surface area contributed by atoms with E-state index in [1.165, 1.54) is 0 Å². The van der Waals surface area contributed by atoms with Crippen LogP contribution in [-0.2, 0) is 0 Å². The van der Waals surface area contributed by atoms with Gasteiger partial charge in [0.1, 0.15) is 0 Å². The first-order chi connectivity index (χ1) is 4.41. The van der Waals surface area contributed by atoms with Crippen LogP contribution in [0.1, 0.15) is 26.2 Å². The second-order valence-corrected chi connectivity index (χ2v) is 1.68. The van der Waals surface area contributed by atoms with E-state index in [1.54, 1.807) is 0 Å². The number of terminal acetylenes is 1. The van der Waals surface area contributed by atoms with E-state index in [4.69, 9.17) is 6.42 Å². The predicted molar refractivity (Wildman–Crippen MR) is 40.4 cm³/mol. The van der Waals surface area contributed by atoms with Crippen LogP contribution in [0.25, 0.3) is 0 Å². The van der Waals surface area contributed by atoms with Crippen molar-refractivity contribution in [1.82, 2.24) is 0 Å². The van der Waals surface area contributed by atoms with Crippen molar-refractivity contribution >= 4 is 0 Å². The Morgan fingerprint density at radius 1 is 1.56 bits per heavy atom. The molecule has 0 amide bonds. The standard InChI is InChI=1S/C9H11/c1-3-5-7-9-8-6-4-2/h1,7H,4-6H2,2H3. The summed E-state index contributed by atoms with van der Waals surface area (Å²) in [5, 5.41) is 0. The lowest BCUT2D eigenvalue weighted by atomic mass is 10.3. The van der Waals surface area contributed by atoms with Gasteiger partial charge in [-0.25, -0.2) is 0 Å². The highest BCUT2D eigenvalue weighted by molar-refractivity contribution is 5.13. The molecule has 0 heterocycles. The smallest absolute Gasteiger partial charge is 0.0458 e. The van der Waals surface area contributed by atoms with Gasteiger partial charge in [-0.2, -0.15) is 0 Å². The first-order valence-corrected chi connectivity index (χ1v) is 3.15. The summed E-state index contributed by atoms with van der Waals surface area (Å²) < 4.78 is 0. The van der Waals surface area contributed by atoms with Gasteiger partial charge in [-0.05, 0) is 6.42 Å². The number of hydrogen-bond donors (Lipinski definition) is 0. The van der Waals surface area contributed by atoms with Crippen molar-refractivity contribution in [2.45, 2.75) is 26.2 Å². The average molecular weight is 119 g/mol. The molecule has 9 heavy (non-hydrogen) atoms. The summed E-state index contributed by atoms with van der Waals surface area (Å²) >= 11 is 0. The Bertz CT molecular complexity index is 138. The van der Waals surface area contributed by atoms with Crippen LogP contribution in [0.3, 0.4) is 0 Å². The van der Waals surface area contributed by atoms with E-state index in [9.17, 15) is 0 Å². The van der Waals surface area contributed by atoms with Crippen molar-refractivity contribution in [1.29, 1.82) is 0 Å². The van der Waals surface area contributed by atoms with Gasteiger partial charge < -0.3 is 0 Å². The Kier molecular flexibility index (Phi) is 6.42. The van der Waals surface area contributed by atoms with Crippen LogP contribution in [0.5, 0.6) is 0 Å². The summed E-state index contributed by atoms with van der Waals surface area (Å²) in [6.07, 6.45) is 9.57. The molecule has 0 N–H and O–H groups in total. The van der Waals surface area contributed by atoms with Gasteiger partial charge in [-0.15, -0.1) is 18.3 Å². The number of hydrogen-bond acceptors (Lipinski definition) is 0. The Labute approximate surface area is 57.7 Å². The Morgan fingerprint density at radius 2 is 2.33 bits per heavy atom. The number of rotatable bonds is 2. The summed E-state index contributed by atoms with van der Waals surface area (Å²) in [7, 11) is 0. The highest BCUT2D eigenvalue weighted by Gasteiger charge is 1.72. The third kappa shape index (κ3) is 7.12. The summed E-state index contributed by atoms with van der Waals surface area (Å²) in [5.74, 6) is 8.33. The zero-order valence-corrected chi connectivity index (χ0v) is 5.78. The Balaban J connectivity index is 3.08. The van der Waals surface area contributed by atoms with E-state index >= 15 is 0 Å². The van der Waals surface area contributed by atoms with Gasteiger partial charge in [0, 0.05) is 19.3 Å². The van der Waals surface area contributed by atoms with Crippen molar-refractivity contribution in [2.24, 2.45) is 0 Å². The summed E-state index contributed by atoms with van der Waals surface area (Å²) in [6, 6.07) is 0. The number of unbranched alkanes of at least 4 members (excludes halogenated alkanes) is 2. The summed E-state index contributed by atoms with van der Waals surface area (Å²) in [4.78, 5) is 0. The second-order valence-electron chi connectivity index (χ2n) is 1.68. The van der Waals surface area contributed by atoms with Crippen molar-refractivity contribution in [3.63, 3.8) is 0 Å². The molecule has 0 bridgehead atoms. The molecule has 0 spiro atoms. The van der Waals surface area contributed by atoms with E-state index < -0.39 is 0 Å². The quantitative estimate of drug-likeness (QED) is 0.385. The molecule has 0 heteroatoms. The minimum Gasteiger partial charge on any atom is -0.120 e. The van der Waals surface area contributed by atoms with Crippen molar-refractivity contribution in [3.05, 3.63) is 6.42 Å².